The Kier molecular flexibility index (Phi) is 9.20. The van der Waals surface area contributed by atoms with Crippen molar-refractivity contribution in [3.05, 3.63) is 29.3 Å². The van der Waals surface area contributed by atoms with Gasteiger partial charge in [0.1, 0.15) is 6.04 Å². The first-order valence-electron chi connectivity index (χ1n) is 15.8. The van der Waals surface area contributed by atoms with Crippen LogP contribution in [0, 0.1) is 5.92 Å². The molecule has 41 heavy (non-hydrogen) atoms. The zero-order valence-corrected chi connectivity index (χ0v) is 24.3. The highest BCUT2D eigenvalue weighted by atomic mass is 16.5. The number of likely N-dealkylation sites (tertiary alicyclic amines) is 1. The van der Waals surface area contributed by atoms with Gasteiger partial charge in [0.2, 0.25) is 11.8 Å². The topological polar surface area (TPSA) is 97.5 Å². The van der Waals surface area contributed by atoms with Crippen LogP contribution in [0.3, 0.4) is 0 Å². The summed E-state index contributed by atoms with van der Waals surface area (Å²) in [5, 5.41) is 5.79. The van der Waals surface area contributed by atoms with E-state index < -0.39 is 6.04 Å². The lowest BCUT2D eigenvalue weighted by Gasteiger charge is -2.35. The monoisotopic (exact) mass is 566 g/mol. The molecule has 0 aliphatic carbocycles. The molecule has 1 atom stereocenters. The van der Waals surface area contributed by atoms with Gasteiger partial charge in [0.05, 0.1) is 12.7 Å². The second kappa shape index (κ2) is 13.2. The number of rotatable bonds is 8. The van der Waals surface area contributed by atoms with Crippen molar-refractivity contribution in [3.8, 4) is 0 Å². The van der Waals surface area contributed by atoms with Gasteiger partial charge < -0.3 is 29.7 Å². The van der Waals surface area contributed by atoms with Crippen LogP contribution < -0.4 is 15.5 Å². The van der Waals surface area contributed by atoms with Crippen molar-refractivity contribution in [3.63, 3.8) is 0 Å². The first-order valence-corrected chi connectivity index (χ1v) is 15.8. The summed E-state index contributed by atoms with van der Waals surface area (Å²) in [5.74, 6) is 0.0465. The van der Waals surface area contributed by atoms with E-state index in [2.05, 4.69) is 37.5 Å². The molecule has 4 fully saturated rings. The van der Waals surface area contributed by atoms with Crippen LogP contribution in [-0.4, -0.2) is 117 Å². The minimum Gasteiger partial charge on any atom is -0.377 e. The molecule has 10 heteroatoms. The highest BCUT2D eigenvalue weighted by Gasteiger charge is 2.39. The normalized spacial score (nSPS) is 25.9. The summed E-state index contributed by atoms with van der Waals surface area (Å²) < 4.78 is 6.12. The molecule has 5 aliphatic rings. The fraction of sp³-hybridized carbons (Fsp3) is 0.710. The molecule has 1 aromatic carbocycles. The zero-order valence-electron chi connectivity index (χ0n) is 24.3. The van der Waals surface area contributed by atoms with E-state index in [-0.39, 0.29) is 24.1 Å². The van der Waals surface area contributed by atoms with Crippen molar-refractivity contribution >= 4 is 23.4 Å². The van der Waals surface area contributed by atoms with Gasteiger partial charge in [-0.05, 0) is 101 Å². The minimum absolute atomic E-state index is 0.108. The Morgan fingerprint density at radius 1 is 0.878 bits per heavy atom. The van der Waals surface area contributed by atoms with E-state index in [1.807, 2.05) is 6.07 Å². The summed E-state index contributed by atoms with van der Waals surface area (Å²) in [6.45, 7) is 12.3. The van der Waals surface area contributed by atoms with Crippen molar-refractivity contribution in [1.29, 1.82) is 0 Å². The standard InChI is InChI=1S/C31H46N6O4/c38-29-5-4-28(30(39)33-29)37-22-24-20-25(2-3-27(24)31(37)40)36-13-1-12-35(16-17-36)21-23-8-14-34(15-9-23)18-19-41-26-6-10-32-11-7-26/h2-3,20,23,26,28,32H,1,4-19,21-22H2,(H,33,38,39). The Morgan fingerprint density at radius 3 is 2.51 bits per heavy atom. The van der Waals surface area contributed by atoms with Crippen molar-refractivity contribution < 1.29 is 19.1 Å². The minimum atomic E-state index is -0.567. The molecular formula is C31H46N6O4. The van der Waals surface area contributed by atoms with E-state index in [9.17, 15) is 14.4 Å². The molecule has 4 saturated heterocycles. The molecule has 0 saturated carbocycles. The fourth-order valence-corrected chi connectivity index (χ4v) is 7.24. The van der Waals surface area contributed by atoms with Gasteiger partial charge in [0, 0.05) is 56.9 Å². The number of nitrogens with zero attached hydrogens (tertiary/aromatic N) is 4. The van der Waals surface area contributed by atoms with E-state index in [0.717, 1.165) is 88.9 Å². The number of imide groups is 1. The zero-order chi connectivity index (χ0) is 28.2. The molecule has 0 spiro atoms. The van der Waals surface area contributed by atoms with E-state index >= 15 is 0 Å². The van der Waals surface area contributed by atoms with Crippen LogP contribution in [0.2, 0.25) is 0 Å². The van der Waals surface area contributed by atoms with Gasteiger partial charge in [0.25, 0.3) is 5.91 Å². The number of piperidine rings is 3. The summed E-state index contributed by atoms with van der Waals surface area (Å²) in [5.41, 5.74) is 2.81. The largest absolute Gasteiger partial charge is 0.377 e. The molecule has 5 aliphatic heterocycles. The van der Waals surface area contributed by atoms with Crippen LogP contribution in [0.15, 0.2) is 18.2 Å². The third-order valence-corrected chi connectivity index (χ3v) is 9.73. The predicted molar refractivity (Wildman–Crippen MR) is 157 cm³/mol. The second-order valence-corrected chi connectivity index (χ2v) is 12.5. The van der Waals surface area contributed by atoms with Crippen molar-refractivity contribution in [2.75, 3.05) is 77.0 Å². The second-order valence-electron chi connectivity index (χ2n) is 12.5. The van der Waals surface area contributed by atoms with Crippen LogP contribution in [0.1, 0.15) is 60.9 Å². The molecule has 2 N–H and O–H groups in total. The van der Waals surface area contributed by atoms with Crippen molar-refractivity contribution in [1.82, 2.24) is 25.3 Å². The Balaban J connectivity index is 0.948. The van der Waals surface area contributed by atoms with Crippen LogP contribution in [-0.2, 0) is 20.9 Å². The van der Waals surface area contributed by atoms with E-state index in [4.69, 9.17) is 4.74 Å². The predicted octanol–water partition coefficient (Wildman–Crippen LogP) is 1.44. The third-order valence-electron chi connectivity index (χ3n) is 9.73. The number of anilines is 1. The van der Waals surface area contributed by atoms with Gasteiger partial charge in [0.15, 0.2) is 0 Å². The molecule has 5 heterocycles. The molecule has 0 radical (unpaired) electrons. The van der Waals surface area contributed by atoms with Gasteiger partial charge in [-0.3, -0.25) is 19.7 Å². The fourth-order valence-electron chi connectivity index (χ4n) is 7.24. The smallest absolute Gasteiger partial charge is 0.255 e. The number of benzene rings is 1. The number of nitrogens with one attached hydrogen (secondary N) is 2. The van der Waals surface area contributed by atoms with Crippen LogP contribution in [0.5, 0.6) is 0 Å². The molecule has 10 nitrogen and oxygen atoms in total. The van der Waals surface area contributed by atoms with E-state index in [0.29, 0.717) is 24.6 Å². The Bertz CT molecular complexity index is 1100. The molecule has 6 rings (SSSR count). The summed E-state index contributed by atoms with van der Waals surface area (Å²) in [6.07, 6.45) is 7.08. The number of carbonyl (C=O) groups is 3. The number of fused-ring (bicyclic) bond motifs is 1. The Morgan fingerprint density at radius 2 is 1.71 bits per heavy atom. The third kappa shape index (κ3) is 6.93. The summed E-state index contributed by atoms with van der Waals surface area (Å²) in [6, 6.07) is 5.55. The molecule has 3 amide bonds. The van der Waals surface area contributed by atoms with Crippen LogP contribution >= 0.6 is 0 Å². The number of carbonyl (C=O) groups excluding carboxylic acids is 3. The maximum atomic E-state index is 13.1. The molecule has 1 unspecified atom stereocenters. The van der Waals surface area contributed by atoms with Gasteiger partial charge >= 0.3 is 0 Å². The number of hydrogen-bond donors (Lipinski definition) is 2. The first-order chi connectivity index (χ1) is 20.0. The van der Waals surface area contributed by atoms with Crippen LogP contribution in [0.25, 0.3) is 0 Å². The molecule has 0 aromatic heterocycles. The lowest BCUT2D eigenvalue weighted by Crippen LogP contribution is -2.52. The van der Waals surface area contributed by atoms with Gasteiger partial charge in [-0.2, -0.15) is 0 Å². The van der Waals surface area contributed by atoms with Gasteiger partial charge in [-0.1, -0.05) is 0 Å². The first kappa shape index (κ1) is 28.6. The average molecular weight is 567 g/mol. The number of hydrogen-bond acceptors (Lipinski definition) is 8. The summed E-state index contributed by atoms with van der Waals surface area (Å²) >= 11 is 0. The summed E-state index contributed by atoms with van der Waals surface area (Å²) in [4.78, 5) is 46.3. The lowest BCUT2D eigenvalue weighted by atomic mass is 9.96. The Labute approximate surface area is 243 Å². The quantitative estimate of drug-likeness (QED) is 0.457. The maximum Gasteiger partial charge on any atom is 0.255 e. The van der Waals surface area contributed by atoms with E-state index in [1.54, 1.807) is 4.90 Å². The van der Waals surface area contributed by atoms with Crippen molar-refractivity contribution in [2.24, 2.45) is 5.92 Å². The SMILES string of the molecule is O=C1CCC(N2Cc3cc(N4CCCN(CC5CCN(CCOC6CCNCC6)CC5)CC4)ccc3C2=O)C(=O)N1. The highest BCUT2D eigenvalue weighted by molar-refractivity contribution is 6.05. The average Bonchev–Trinajstić information content (AvgIpc) is 3.13. The molecular weight excluding hydrogens is 520 g/mol. The van der Waals surface area contributed by atoms with Crippen molar-refractivity contribution in [2.45, 2.75) is 63.6 Å². The number of ether oxygens (including phenoxy) is 1. The summed E-state index contributed by atoms with van der Waals surface area (Å²) in [7, 11) is 0. The highest BCUT2D eigenvalue weighted by Crippen LogP contribution is 2.31. The van der Waals surface area contributed by atoms with Gasteiger partial charge in [-0.25, -0.2) is 0 Å². The van der Waals surface area contributed by atoms with Crippen LogP contribution in [0.4, 0.5) is 5.69 Å². The Hall–Kier alpha value is -2.53. The molecule has 1 aromatic rings. The molecule has 224 valence electrons. The molecule has 0 bridgehead atoms. The van der Waals surface area contributed by atoms with E-state index in [1.165, 1.54) is 32.5 Å². The lowest BCUT2D eigenvalue weighted by molar-refractivity contribution is -0.136. The van der Waals surface area contributed by atoms with Gasteiger partial charge in [-0.15, -0.1) is 0 Å². The number of amides is 3. The maximum absolute atomic E-state index is 13.1.